The first-order valence-electron chi connectivity index (χ1n) is 11.5. The van der Waals surface area contributed by atoms with Crippen molar-refractivity contribution >= 4 is 11.6 Å². The van der Waals surface area contributed by atoms with Gasteiger partial charge in [-0.2, -0.15) is 13.2 Å². The van der Waals surface area contributed by atoms with E-state index >= 15 is 0 Å². The molecule has 3 aromatic carbocycles. The first kappa shape index (κ1) is 25.8. The molecule has 0 amide bonds. The molecule has 1 atom stereocenters. The predicted octanol–water partition coefficient (Wildman–Crippen LogP) is 9.75. The van der Waals surface area contributed by atoms with Crippen LogP contribution < -0.4 is 0 Å². The minimum absolute atomic E-state index is 0.287. The Morgan fingerprint density at radius 1 is 0.941 bits per heavy atom. The van der Waals surface area contributed by atoms with Gasteiger partial charge in [0.25, 0.3) is 0 Å². The van der Waals surface area contributed by atoms with Crippen molar-refractivity contribution in [1.29, 1.82) is 0 Å². The molecule has 0 saturated heterocycles. The normalized spacial score (nSPS) is 12.4. The number of benzene rings is 3. The summed E-state index contributed by atoms with van der Waals surface area (Å²) in [6, 6.07) is 18.4. The van der Waals surface area contributed by atoms with E-state index < -0.39 is 11.7 Å². The number of hydrogen-bond acceptors (Lipinski definition) is 0. The second kappa shape index (κ2) is 11.1. The van der Waals surface area contributed by atoms with Gasteiger partial charge in [0.15, 0.2) is 0 Å². The lowest BCUT2D eigenvalue weighted by molar-refractivity contribution is -0.137. The molecule has 0 aliphatic rings. The summed E-state index contributed by atoms with van der Waals surface area (Å²) >= 11 is 5.74. The summed E-state index contributed by atoms with van der Waals surface area (Å²) in [4.78, 5) is 0. The third-order valence-corrected chi connectivity index (χ3v) is 6.66. The third-order valence-electron chi connectivity index (χ3n) is 6.33. The highest BCUT2D eigenvalue weighted by molar-refractivity contribution is 6.31. The van der Waals surface area contributed by atoms with Gasteiger partial charge in [0.2, 0.25) is 0 Å². The second-order valence-electron chi connectivity index (χ2n) is 8.75. The summed E-state index contributed by atoms with van der Waals surface area (Å²) < 4.78 is 39.5. The highest BCUT2D eigenvalue weighted by Crippen LogP contribution is 2.37. The Kier molecular flexibility index (Phi) is 8.43. The average Bonchev–Trinajstić information content (AvgIpc) is 2.81. The van der Waals surface area contributed by atoms with Crippen LogP contribution in [0.25, 0.3) is 11.1 Å². The monoisotopic (exact) mass is 482 g/mol. The van der Waals surface area contributed by atoms with Gasteiger partial charge in [0, 0.05) is 0 Å². The second-order valence-corrected chi connectivity index (χ2v) is 9.16. The third kappa shape index (κ3) is 6.42. The Morgan fingerprint density at radius 3 is 2.15 bits per heavy atom. The summed E-state index contributed by atoms with van der Waals surface area (Å²) in [6.07, 6.45) is 1.09. The van der Waals surface area contributed by atoms with Crippen LogP contribution in [-0.4, -0.2) is 0 Å². The highest BCUT2D eigenvalue weighted by Gasteiger charge is 2.33. The van der Waals surface area contributed by atoms with Crippen molar-refractivity contribution in [3.05, 3.63) is 118 Å². The lowest BCUT2D eigenvalue weighted by Gasteiger charge is -2.19. The van der Waals surface area contributed by atoms with E-state index in [1.165, 1.54) is 22.8 Å². The molecule has 4 heteroatoms. The number of alkyl halides is 3. The Hall–Kier alpha value is -2.78. The van der Waals surface area contributed by atoms with Gasteiger partial charge in [-0.25, -0.2) is 0 Å². The summed E-state index contributed by atoms with van der Waals surface area (Å²) in [5, 5.41) is -0.287. The smallest absolute Gasteiger partial charge is 0.166 e. The molecular weight excluding hydrogens is 453 g/mol. The van der Waals surface area contributed by atoms with Crippen LogP contribution in [0.4, 0.5) is 13.2 Å². The first-order chi connectivity index (χ1) is 16.1. The van der Waals surface area contributed by atoms with Crippen molar-refractivity contribution in [1.82, 2.24) is 0 Å². The lowest BCUT2D eigenvalue weighted by atomic mass is 9.86. The van der Waals surface area contributed by atoms with Crippen molar-refractivity contribution in [3.8, 4) is 11.1 Å². The SMILES string of the molecule is C=CC(=C)CC(CC)c1ccc(CCc2ccc(-c3ccc(Cl)c(C(F)(F)F)c3)cc2)cc1C. The van der Waals surface area contributed by atoms with E-state index in [1.54, 1.807) is 6.07 Å². The van der Waals surface area contributed by atoms with Crippen molar-refractivity contribution in [2.24, 2.45) is 0 Å². The van der Waals surface area contributed by atoms with Gasteiger partial charge in [0.05, 0.1) is 10.6 Å². The van der Waals surface area contributed by atoms with Crippen molar-refractivity contribution in [3.63, 3.8) is 0 Å². The van der Waals surface area contributed by atoms with Gasteiger partial charge in [0.1, 0.15) is 0 Å². The van der Waals surface area contributed by atoms with Crippen LogP contribution in [0.2, 0.25) is 5.02 Å². The van der Waals surface area contributed by atoms with E-state index in [1.807, 2.05) is 30.3 Å². The fourth-order valence-electron chi connectivity index (χ4n) is 4.30. The zero-order valence-corrected chi connectivity index (χ0v) is 20.4. The van der Waals surface area contributed by atoms with Gasteiger partial charge in [-0.05, 0) is 84.0 Å². The van der Waals surface area contributed by atoms with Crippen LogP contribution in [0.1, 0.15) is 53.5 Å². The van der Waals surface area contributed by atoms with Crippen LogP contribution in [0, 0.1) is 6.92 Å². The highest BCUT2D eigenvalue weighted by atomic mass is 35.5. The lowest BCUT2D eigenvalue weighted by Crippen LogP contribution is -2.05. The Bertz CT molecular complexity index is 1160. The first-order valence-corrected chi connectivity index (χ1v) is 11.9. The molecule has 0 bridgehead atoms. The van der Waals surface area contributed by atoms with E-state index in [9.17, 15) is 13.2 Å². The van der Waals surface area contributed by atoms with Crippen molar-refractivity contribution < 1.29 is 13.2 Å². The number of hydrogen-bond donors (Lipinski definition) is 0. The molecule has 0 spiro atoms. The minimum atomic E-state index is -4.47. The van der Waals surface area contributed by atoms with E-state index in [4.69, 9.17) is 11.6 Å². The van der Waals surface area contributed by atoms with E-state index in [-0.39, 0.29) is 5.02 Å². The number of rotatable bonds is 9. The standard InChI is InChI=1S/C30H30ClF3/c1-5-20(3)17-24(6-2)27-15-11-23(18-21(27)4)8-7-22-9-12-25(13-10-22)26-14-16-29(31)28(19-26)30(32,33)34/h5,9-16,18-19,24H,1,3,6-8,17H2,2,4H3. The largest absolute Gasteiger partial charge is 0.417 e. The molecule has 0 heterocycles. The number of aryl methyl sites for hydroxylation is 3. The van der Waals surface area contributed by atoms with Crippen LogP contribution in [0.15, 0.2) is 85.5 Å². The predicted molar refractivity (Wildman–Crippen MR) is 137 cm³/mol. The van der Waals surface area contributed by atoms with Gasteiger partial charge in [-0.3, -0.25) is 0 Å². The maximum atomic E-state index is 13.2. The zero-order chi connectivity index (χ0) is 24.9. The summed E-state index contributed by atoms with van der Waals surface area (Å²) in [5.74, 6) is 0.442. The summed E-state index contributed by atoms with van der Waals surface area (Å²) in [6.45, 7) is 12.2. The molecule has 178 valence electrons. The molecule has 1 unspecified atom stereocenters. The molecule has 0 radical (unpaired) electrons. The van der Waals surface area contributed by atoms with Crippen molar-refractivity contribution in [2.45, 2.75) is 51.6 Å². The van der Waals surface area contributed by atoms with Crippen LogP contribution in [0.3, 0.4) is 0 Å². The zero-order valence-electron chi connectivity index (χ0n) is 19.7. The van der Waals surface area contributed by atoms with Crippen LogP contribution in [-0.2, 0) is 19.0 Å². The Labute approximate surface area is 205 Å². The summed E-state index contributed by atoms with van der Waals surface area (Å²) in [7, 11) is 0. The van der Waals surface area contributed by atoms with E-state index in [2.05, 4.69) is 45.2 Å². The molecule has 0 N–H and O–H groups in total. The fraction of sp³-hybridized carbons (Fsp3) is 0.267. The topological polar surface area (TPSA) is 0 Å². The molecule has 0 saturated carbocycles. The molecule has 0 fully saturated rings. The molecule has 0 nitrogen and oxygen atoms in total. The maximum absolute atomic E-state index is 13.2. The minimum Gasteiger partial charge on any atom is -0.166 e. The summed E-state index contributed by atoms with van der Waals surface area (Å²) in [5.41, 5.74) is 6.55. The Balaban J connectivity index is 1.68. The van der Waals surface area contributed by atoms with Gasteiger partial charge >= 0.3 is 6.18 Å². The number of halogens is 4. The fourth-order valence-corrected chi connectivity index (χ4v) is 4.52. The van der Waals surface area contributed by atoms with Gasteiger partial charge in [-0.15, -0.1) is 0 Å². The Morgan fingerprint density at radius 2 is 1.56 bits per heavy atom. The average molecular weight is 483 g/mol. The van der Waals surface area contributed by atoms with Gasteiger partial charge in [-0.1, -0.05) is 91.9 Å². The van der Waals surface area contributed by atoms with Gasteiger partial charge < -0.3 is 0 Å². The van der Waals surface area contributed by atoms with Crippen LogP contribution >= 0.6 is 11.6 Å². The van der Waals surface area contributed by atoms with E-state index in [0.717, 1.165) is 48.4 Å². The number of allylic oxidation sites excluding steroid dienone is 2. The quantitative estimate of drug-likeness (QED) is 0.266. The molecule has 3 rings (SSSR count). The molecule has 0 aliphatic carbocycles. The molecule has 3 aromatic rings. The van der Waals surface area contributed by atoms with Crippen LogP contribution in [0.5, 0.6) is 0 Å². The van der Waals surface area contributed by atoms with Crippen molar-refractivity contribution in [2.75, 3.05) is 0 Å². The maximum Gasteiger partial charge on any atom is 0.417 e. The molecular formula is C30H30ClF3. The molecule has 0 aliphatic heterocycles. The molecule has 0 aromatic heterocycles. The van der Waals surface area contributed by atoms with E-state index in [0.29, 0.717) is 11.5 Å². The molecule has 34 heavy (non-hydrogen) atoms.